The second-order valence-corrected chi connectivity index (χ2v) is 2.61. The van der Waals surface area contributed by atoms with Gasteiger partial charge < -0.3 is 15.8 Å². The SMILES string of the molecule is CCc1cc(=O)[nH]c(N)c1C(=O)O. The summed E-state index contributed by atoms with van der Waals surface area (Å²) in [5, 5.41) is 8.77. The van der Waals surface area contributed by atoms with Crippen molar-refractivity contribution >= 4 is 11.8 Å². The number of carboxylic acids is 1. The number of aromatic amines is 1. The zero-order valence-electron chi connectivity index (χ0n) is 7.13. The van der Waals surface area contributed by atoms with Crippen LogP contribution in [0.1, 0.15) is 22.8 Å². The third-order valence-electron chi connectivity index (χ3n) is 1.75. The van der Waals surface area contributed by atoms with Gasteiger partial charge in [0.25, 0.3) is 0 Å². The molecule has 1 rings (SSSR count). The molecule has 5 heteroatoms. The molecule has 0 bridgehead atoms. The van der Waals surface area contributed by atoms with Gasteiger partial charge in [0.1, 0.15) is 11.4 Å². The van der Waals surface area contributed by atoms with Crippen molar-refractivity contribution < 1.29 is 9.90 Å². The van der Waals surface area contributed by atoms with Crippen molar-refractivity contribution in [1.29, 1.82) is 0 Å². The molecule has 0 fully saturated rings. The van der Waals surface area contributed by atoms with Crippen LogP contribution in [0.25, 0.3) is 0 Å². The Kier molecular flexibility index (Phi) is 2.36. The predicted molar refractivity (Wildman–Crippen MR) is 47.8 cm³/mol. The lowest BCUT2D eigenvalue weighted by atomic mass is 10.1. The predicted octanol–water partition coefficient (Wildman–Crippen LogP) is 0.218. The third-order valence-corrected chi connectivity index (χ3v) is 1.75. The van der Waals surface area contributed by atoms with Gasteiger partial charge in [-0.15, -0.1) is 0 Å². The molecule has 4 N–H and O–H groups in total. The Labute approximate surface area is 74.2 Å². The van der Waals surface area contributed by atoms with Gasteiger partial charge in [-0.1, -0.05) is 6.92 Å². The summed E-state index contributed by atoms with van der Waals surface area (Å²) in [5.74, 6) is -1.21. The van der Waals surface area contributed by atoms with E-state index in [1.165, 1.54) is 6.07 Å². The Hall–Kier alpha value is -1.78. The number of aromatic nitrogens is 1. The number of H-pyrrole nitrogens is 1. The van der Waals surface area contributed by atoms with E-state index < -0.39 is 5.97 Å². The summed E-state index contributed by atoms with van der Waals surface area (Å²) in [4.78, 5) is 23.9. The van der Waals surface area contributed by atoms with Gasteiger partial charge >= 0.3 is 5.97 Å². The van der Waals surface area contributed by atoms with E-state index in [-0.39, 0.29) is 16.9 Å². The molecule has 0 spiro atoms. The Bertz CT molecular complexity index is 395. The zero-order valence-corrected chi connectivity index (χ0v) is 7.13. The Balaban J connectivity index is 3.47. The molecule has 1 aromatic heterocycles. The van der Waals surface area contributed by atoms with Crippen LogP contribution in [0.2, 0.25) is 0 Å². The molecule has 0 saturated heterocycles. The molecule has 5 nitrogen and oxygen atoms in total. The minimum Gasteiger partial charge on any atom is -0.478 e. The van der Waals surface area contributed by atoms with Crippen LogP contribution in [-0.2, 0) is 6.42 Å². The number of aromatic carboxylic acids is 1. The molecule has 0 aliphatic rings. The van der Waals surface area contributed by atoms with Crippen molar-refractivity contribution in [2.75, 3.05) is 5.73 Å². The van der Waals surface area contributed by atoms with Crippen LogP contribution >= 0.6 is 0 Å². The summed E-state index contributed by atoms with van der Waals surface area (Å²) in [5.41, 5.74) is 5.43. The number of nitrogens with one attached hydrogen (secondary N) is 1. The smallest absolute Gasteiger partial charge is 0.339 e. The molecule has 0 amide bonds. The van der Waals surface area contributed by atoms with Crippen LogP contribution < -0.4 is 11.3 Å². The van der Waals surface area contributed by atoms with E-state index in [0.29, 0.717) is 12.0 Å². The van der Waals surface area contributed by atoms with Crippen molar-refractivity contribution in [3.05, 3.63) is 27.5 Å². The number of anilines is 1. The lowest BCUT2D eigenvalue weighted by Crippen LogP contribution is -2.16. The summed E-state index contributed by atoms with van der Waals surface area (Å²) in [7, 11) is 0. The van der Waals surface area contributed by atoms with Gasteiger partial charge in [-0.25, -0.2) is 4.79 Å². The van der Waals surface area contributed by atoms with E-state index in [1.54, 1.807) is 6.92 Å². The summed E-state index contributed by atoms with van der Waals surface area (Å²) >= 11 is 0. The molecule has 0 radical (unpaired) electrons. The minimum atomic E-state index is -1.12. The van der Waals surface area contributed by atoms with Gasteiger partial charge in [-0.2, -0.15) is 0 Å². The molecule has 0 unspecified atom stereocenters. The first-order chi connectivity index (χ1) is 6.06. The van der Waals surface area contributed by atoms with Gasteiger partial charge in [0.15, 0.2) is 0 Å². The van der Waals surface area contributed by atoms with Crippen molar-refractivity contribution in [2.24, 2.45) is 0 Å². The summed E-state index contributed by atoms with van der Waals surface area (Å²) in [6.07, 6.45) is 0.468. The summed E-state index contributed by atoms with van der Waals surface area (Å²) in [6, 6.07) is 1.25. The van der Waals surface area contributed by atoms with Gasteiger partial charge in [0.05, 0.1) is 0 Å². The second kappa shape index (κ2) is 3.30. The third kappa shape index (κ3) is 1.69. The van der Waals surface area contributed by atoms with Crippen LogP contribution in [0.15, 0.2) is 10.9 Å². The quantitative estimate of drug-likeness (QED) is 0.609. The van der Waals surface area contributed by atoms with Crippen LogP contribution in [0.4, 0.5) is 5.82 Å². The fraction of sp³-hybridized carbons (Fsp3) is 0.250. The van der Waals surface area contributed by atoms with E-state index in [2.05, 4.69) is 4.98 Å². The normalized spacial score (nSPS) is 9.92. The fourth-order valence-electron chi connectivity index (χ4n) is 1.17. The molecule has 0 aliphatic heterocycles. The molecular formula is C8H10N2O3. The van der Waals surface area contributed by atoms with Gasteiger partial charge in [-0.3, -0.25) is 4.79 Å². The first-order valence-electron chi connectivity index (χ1n) is 3.81. The van der Waals surface area contributed by atoms with Crippen molar-refractivity contribution in [2.45, 2.75) is 13.3 Å². The number of hydrogen-bond acceptors (Lipinski definition) is 3. The van der Waals surface area contributed by atoms with Gasteiger partial charge in [0.2, 0.25) is 5.56 Å². The molecule has 1 heterocycles. The number of aryl methyl sites for hydroxylation is 1. The molecule has 70 valence electrons. The highest BCUT2D eigenvalue weighted by Crippen LogP contribution is 2.12. The molecule has 0 saturated carbocycles. The van der Waals surface area contributed by atoms with Crippen LogP contribution in [-0.4, -0.2) is 16.1 Å². The standard InChI is InChI=1S/C8H10N2O3/c1-2-4-3-5(11)10-7(9)6(4)8(12)13/h3H,2H2,1H3,(H,12,13)(H3,9,10,11). The zero-order chi connectivity index (χ0) is 10.0. The number of pyridine rings is 1. The van der Waals surface area contributed by atoms with Crippen molar-refractivity contribution in [3.8, 4) is 0 Å². The summed E-state index contributed by atoms with van der Waals surface area (Å²) in [6.45, 7) is 1.76. The van der Waals surface area contributed by atoms with E-state index >= 15 is 0 Å². The monoisotopic (exact) mass is 182 g/mol. The fourth-order valence-corrected chi connectivity index (χ4v) is 1.17. The number of hydrogen-bond donors (Lipinski definition) is 3. The second-order valence-electron chi connectivity index (χ2n) is 2.61. The Morgan fingerprint density at radius 3 is 2.77 bits per heavy atom. The average Bonchev–Trinajstić information content (AvgIpc) is 2.01. The van der Waals surface area contributed by atoms with Gasteiger partial charge in [0, 0.05) is 6.07 Å². The lowest BCUT2D eigenvalue weighted by molar-refractivity contribution is 0.0696. The first-order valence-corrected chi connectivity index (χ1v) is 3.81. The maximum Gasteiger partial charge on any atom is 0.339 e. The molecule has 0 aliphatic carbocycles. The number of rotatable bonds is 2. The van der Waals surface area contributed by atoms with Gasteiger partial charge in [-0.05, 0) is 12.0 Å². The van der Waals surface area contributed by atoms with Crippen LogP contribution in [0, 0.1) is 0 Å². The summed E-state index contributed by atoms with van der Waals surface area (Å²) < 4.78 is 0. The van der Waals surface area contributed by atoms with Crippen LogP contribution in [0.3, 0.4) is 0 Å². The lowest BCUT2D eigenvalue weighted by Gasteiger charge is -2.04. The van der Waals surface area contributed by atoms with E-state index in [0.717, 1.165) is 0 Å². The Morgan fingerprint density at radius 2 is 2.31 bits per heavy atom. The highest BCUT2D eigenvalue weighted by atomic mass is 16.4. The number of carbonyl (C=O) groups is 1. The maximum atomic E-state index is 10.9. The first kappa shape index (κ1) is 9.31. The Morgan fingerprint density at radius 1 is 1.69 bits per heavy atom. The molecule has 13 heavy (non-hydrogen) atoms. The highest BCUT2D eigenvalue weighted by molar-refractivity contribution is 5.94. The number of nitrogen functional groups attached to an aromatic ring is 1. The maximum absolute atomic E-state index is 10.9. The van der Waals surface area contributed by atoms with E-state index in [9.17, 15) is 9.59 Å². The molecular weight excluding hydrogens is 172 g/mol. The molecule has 0 atom stereocenters. The van der Waals surface area contributed by atoms with Crippen molar-refractivity contribution in [1.82, 2.24) is 4.98 Å². The molecule has 1 aromatic rings. The number of nitrogens with two attached hydrogens (primary N) is 1. The average molecular weight is 182 g/mol. The molecule has 0 aromatic carbocycles. The van der Waals surface area contributed by atoms with E-state index in [1.807, 2.05) is 0 Å². The largest absolute Gasteiger partial charge is 0.478 e. The highest BCUT2D eigenvalue weighted by Gasteiger charge is 2.13. The minimum absolute atomic E-state index is 0.0119. The van der Waals surface area contributed by atoms with Crippen LogP contribution in [0.5, 0.6) is 0 Å². The van der Waals surface area contributed by atoms with Crippen molar-refractivity contribution in [3.63, 3.8) is 0 Å². The topological polar surface area (TPSA) is 96.2 Å². The van der Waals surface area contributed by atoms with E-state index in [4.69, 9.17) is 10.8 Å². The number of carboxylic acid groups (broad SMARTS) is 1.